The maximum atomic E-state index is 12.9. The van der Waals surface area contributed by atoms with Crippen molar-refractivity contribution in [2.24, 2.45) is 0 Å². The van der Waals surface area contributed by atoms with Gasteiger partial charge >= 0.3 is 0 Å². The average Bonchev–Trinajstić information content (AvgIpc) is 3.41. The van der Waals surface area contributed by atoms with Crippen molar-refractivity contribution in [2.75, 3.05) is 4.72 Å². The maximum absolute atomic E-state index is 12.9. The van der Waals surface area contributed by atoms with Gasteiger partial charge in [0.1, 0.15) is 5.82 Å². The summed E-state index contributed by atoms with van der Waals surface area (Å²) in [7, 11) is -4.14. The van der Waals surface area contributed by atoms with Crippen molar-refractivity contribution >= 4 is 33.0 Å². The number of hydrogen-bond donors (Lipinski definition) is 2. The van der Waals surface area contributed by atoms with E-state index in [2.05, 4.69) is 19.9 Å². The van der Waals surface area contributed by atoms with Gasteiger partial charge in [-0.1, -0.05) is 23.7 Å². The minimum Gasteiger partial charge on any atom is -0.279 e. The van der Waals surface area contributed by atoms with Crippen LogP contribution in [-0.4, -0.2) is 28.5 Å². The molecular formula is C18H16ClN5O4S. The Morgan fingerprint density at radius 3 is 2.69 bits per heavy atom. The summed E-state index contributed by atoms with van der Waals surface area (Å²) in [5, 5.41) is 18.3. The number of hydrogen-bond acceptors (Lipinski definition) is 6. The molecule has 2 N–H and O–H groups in total. The molecule has 9 nitrogen and oxygen atoms in total. The number of para-hydroxylation sites is 1. The van der Waals surface area contributed by atoms with Crippen LogP contribution in [0.1, 0.15) is 30.1 Å². The first-order valence-electron chi connectivity index (χ1n) is 8.75. The molecule has 0 atom stereocenters. The molecule has 29 heavy (non-hydrogen) atoms. The second-order valence-electron chi connectivity index (χ2n) is 6.78. The van der Waals surface area contributed by atoms with Gasteiger partial charge in [0.25, 0.3) is 15.7 Å². The molecule has 0 saturated heterocycles. The van der Waals surface area contributed by atoms with Gasteiger partial charge in [-0.15, -0.1) is 0 Å². The van der Waals surface area contributed by atoms with Gasteiger partial charge in [0.2, 0.25) is 0 Å². The summed E-state index contributed by atoms with van der Waals surface area (Å²) in [6.07, 6.45) is 2.10. The van der Waals surface area contributed by atoms with Crippen molar-refractivity contribution in [2.45, 2.75) is 30.6 Å². The van der Waals surface area contributed by atoms with E-state index < -0.39 is 14.9 Å². The highest BCUT2D eigenvalue weighted by Crippen LogP contribution is 2.39. The fraction of sp³-hybridized carbons (Fsp3) is 0.222. The minimum absolute atomic E-state index is 0.00379. The molecule has 1 aliphatic rings. The number of nitrogens with one attached hydrogen (secondary N) is 2. The van der Waals surface area contributed by atoms with Crippen LogP contribution in [0.4, 0.5) is 11.4 Å². The number of H-pyrrole nitrogens is 1. The van der Waals surface area contributed by atoms with Crippen LogP contribution in [0.3, 0.4) is 0 Å². The molecule has 1 aromatic heterocycles. The van der Waals surface area contributed by atoms with Crippen LogP contribution in [-0.2, 0) is 10.0 Å². The van der Waals surface area contributed by atoms with Crippen LogP contribution in [0.25, 0.3) is 11.4 Å². The van der Waals surface area contributed by atoms with Crippen LogP contribution in [0.15, 0.2) is 41.3 Å². The summed E-state index contributed by atoms with van der Waals surface area (Å²) < 4.78 is 28.3. The molecular weight excluding hydrogens is 418 g/mol. The molecule has 4 rings (SSSR count). The van der Waals surface area contributed by atoms with E-state index >= 15 is 0 Å². The molecule has 0 unspecified atom stereocenters. The van der Waals surface area contributed by atoms with E-state index in [4.69, 9.17) is 11.6 Å². The Bertz CT molecular complexity index is 1220. The molecule has 0 radical (unpaired) electrons. The fourth-order valence-electron chi connectivity index (χ4n) is 2.89. The second kappa shape index (κ2) is 7.12. The van der Waals surface area contributed by atoms with Gasteiger partial charge in [-0.2, -0.15) is 5.10 Å². The third kappa shape index (κ3) is 3.81. The van der Waals surface area contributed by atoms with E-state index in [1.807, 2.05) is 0 Å². The average molecular weight is 434 g/mol. The lowest BCUT2D eigenvalue weighted by Gasteiger charge is -2.12. The molecule has 1 heterocycles. The zero-order chi connectivity index (χ0) is 20.8. The van der Waals surface area contributed by atoms with Crippen molar-refractivity contribution < 1.29 is 13.3 Å². The Balaban J connectivity index is 1.71. The molecule has 1 saturated carbocycles. The zero-order valence-corrected chi connectivity index (χ0v) is 16.8. The molecule has 3 aromatic rings. The normalized spacial score (nSPS) is 14.0. The number of nitro benzene ring substituents is 1. The highest BCUT2D eigenvalue weighted by molar-refractivity contribution is 7.92. The van der Waals surface area contributed by atoms with E-state index in [1.165, 1.54) is 13.0 Å². The lowest BCUT2D eigenvalue weighted by atomic mass is 10.2. The number of nitrogens with zero attached hydrogens (tertiary/aromatic N) is 3. The lowest BCUT2D eigenvalue weighted by Crippen LogP contribution is -2.14. The minimum atomic E-state index is -4.14. The first-order valence-corrected chi connectivity index (χ1v) is 10.6. The van der Waals surface area contributed by atoms with Crippen LogP contribution in [0.2, 0.25) is 5.02 Å². The number of aromatic amines is 1. The van der Waals surface area contributed by atoms with E-state index in [1.54, 1.807) is 24.3 Å². The Labute approximate surface area is 171 Å². The number of anilines is 1. The van der Waals surface area contributed by atoms with Gasteiger partial charge in [-0.3, -0.25) is 19.9 Å². The molecule has 2 aromatic carbocycles. The van der Waals surface area contributed by atoms with Gasteiger partial charge in [0, 0.05) is 23.1 Å². The molecule has 0 amide bonds. The summed E-state index contributed by atoms with van der Waals surface area (Å²) in [6, 6.07) is 8.86. The van der Waals surface area contributed by atoms with E-state index in [9.17, 15) is 18.5 Å². The molecule has 0 spiro atoms. The number of aromatic nitrogens is 3. The van der Waals surface area contributed by atoms with E-state index in [0.717, 1.165) is 24.7 Å². The summed E-state index contributed by atoms with van der Waals surface area (Å²) in [6.45, 7) is 1.46. The number of nitro groups is 1. The SMILES string of the molecule is Cc1c(Cl)cc(S(=O)(=O)Nc2ccccc2-c2n[nH]c(C3CC3)n2)cc1[N+](=O)[O-]. The molecule has 1 aliphatic carbocycles. The molecule has 11 heteroatoms. The van der Waals surface area contributed by atoms with Gasteiger partial charge in [0.05, 0.1) is 20.5 Å². The third-order valence-electron chi connectivity index (χ3n) is 4.68. The molecule has 1 fully saturated rings. The number of sulfonamides is 1. The summed E-state index contributed by atoms with van der Waals surface area (Å²) in [5.41, 5.74) is 0.582. The standard InChI is InChI=1S/C18H16ClN5O4S/c1-10-14(19)8-12(9-16(10)24(25)26)29(27,28)23-15-5-3-2-4-13(15)18-20-17(21-22-18)11-6-7-11/h2-5,8-9,11,23H,6-7H2,1H3,(H,20,21,22). The second-order valence-corrected chi connectivity index (χ2v) is 8.87. The first-order chi connectivity index (χ1) is 13.8. The summed E-state index contributed by atoms with van der Waals surface area (Å²) >= 11 is 6.02. The van der Waals surface area contributed by atoms with Gasteiger partial charge < -0.3 is 0 Å². The van der Waals surface area contributed by atoms with Crippen LogP contribution in [0.5, 0.6) is 0 Å². The predicted octanol–water partition coefficient (Wildman–Crippen LogP) is 4.02. The predicted molar refractivity (Wildman–Crippen MR) is 107 cm³/mol. The zero-order valence-electron chi connectivity index (χ0n) is 15.2. The van der Waals surface area contributed by atoms with Crippen molar-refractivity contribution in [3.8, 4) is 11.4 Å². The van der Waals surface area contributed by atoms with Crippen molar-refractivity contribution in [3.05, 3.63) is 62.9 Å². The Kier molecular flexibility index (Phi) is 4.75. The van der Waals surface area contributed by atoms with Crippen molar-refractivity contribution in [1.29, 1.82) is 0 Å². The van der Waals surface area contributed by atoms with Gasteiger partial charge in [-0.25, -0.2) is 13.4 Å². The molecule has 150 valence electrons. The highest BCUT2D eigenvalue weighted by atomic mass is 35.5. The first kappa shape index (κ1) is 19.3. The number of benzene rings is 2. The Hall–Kier alpha value is -2.98. The smallest absolute Gasteiger partial charge is 0.275 e. The van der Waals surface area contributed by atoms with Crippen LogP contribution in [0, 0.1) is 17.0 Å². The van der Waals surface area contributed by atoms with Gasteiger partial charge in [-0.05, 0) is 38.0 Å². The molecule has 0 bridgehead atoms. The van der Waals surface area contributed by atoms with Gasteiger partial charge in [0.15, 0.2) is 5.82 Å². The van der Waals surface area contributed by atoms with Crippen molar-refractivity contribution in [1.82, 2.24) is 15.2 Å². The summed E-state index contributed by atoms with van der Waals surface area (Å²) in [4.78, 5) is 14.7. The van der Waals surface area contributed by atoms with E-state index in [-0.39, 0.29) is 26.9 Å². The highest BCUT2D eigenvalue weighted by Gasteiger charge is 2.28. The Morgan fingerprint density at radius 2 is 2.00 bits per heavy atom. The van der Waals surface area contributed by atoms with Crippen LogP contribution < -0.4 is 4.72 Å². The van der Waals surface area contributed by atoms with E-state index in [0.29, 0.717) is 17.3 Å². The summed E-state index contributed by atoms with van der Waals surface area (Å²) in [5.74, 6) is 1.52. The number of halogens is 1. The lowest BCUT2D eigenvalue weighted by molar-refractivity contribution is -0.385. The Morgan fingerprint density at radius 1 is 1.28 bits per heavy atom. The van der Waals surface area contributed by atoms with Crippen LogP contribution >= 0.6 is 11.6 Å². The fourth-order valence-corrected chi connectivity index (χ4v) is 4.29. The number of rotatable bonds is 6. The van der Waals surface area contributed by atoms with Crippen molar-refractivity contribution in [3.63, 3.8) is 0 Å². The topological polar surface area (TPSA) is 131 Å². The molecule has 0 aliphatic heterocycles. The quantitative estimate of drug-likeness (QED) is 0.445. The largest absolute Gasteiger partial charge is 0.279 e. The third-order valence-corrected chi connectivity index (χ3v) is 6.41. The maximum Gasteiger partial charge on any atom is 0.275 e. The monoisotopic (exact) mass is 433 g/mol.